The number of rotatable bonds is 6. The highest BCUT2D eigenvalue weighted by Gasteiger charge is 2.24. The van der Waals surface area contributed by atoms with Gasteiger partial charge in [-0.15, -0.1) is 10.2 Å². The first-order valence-corrected chi connectivity index (χ1v) is 12.4. The van der Waals surface area contributed by atoms with Crippen LogP contribution in [0.5, 0.6) is 0 Å². The summed E-state index contributed by atoms with van der Waals surface area (Å²) in [5.74, 6) is 0.538. The fraction of sp³-hybridized carbons (Fsp3) is 0.280. The summed E-state index contributed by atoms with van der Waals surface area (Å²) >= 11 is 1.31. The molecule has 1 saturated heterocycles. The molecule has 174 valence electrons. The lowest BCUT2D eigenvalue weighted by molar-refractivity contribution is -0.127. The SMILES string of the molecule is Cc1cccc(-n2c(SCC(=O)NC3CCCCNC3=O)nnc2-c2c[nH]c3ccccc23)c1. The zero-order valence-electron chi connectivity index (χ0n) is 18.9. The van der Waals surface area contributed by atoms with E-state index in [1.54, 1.807) is 0 Å². The number of thioether (sulfide) groups is 1. The summed E-state index contributed by atoms with van der Waals surface area (Å²) in [5, 5.41) is 16.3. The zero-order valence-corrected chi connectivity index (χ0v) is 19.7. The predicted molar refractivity (Wildman–Crippen MR) is 133 cm³/mol. The molecule has 0 aliphatic carbocycles. The molecular weight excluding hydrogens is 448 g/mol. The smallest absolute Gasteiger partial charge is 0.242 e. The molecule has 2 aromatic heterocycles. The van der Waals surface area contributed by atoms with Gasteiger partial charge in [-0.05, 0) is 49.9 Å². The van der Waals surface area contributed by atoms with Crippen molar-refractivity contribution in [3.8, 4) is 17.1 Å². The van der Waals surface area contributed by atoms with Crippen LogP contribution in [0.25, 0.3) is 28.0 Å². The lowest BCUT2D eigenvalue weighted by atomic mass is 10.1. The third-order valence-corrected chi connectivity index (χ3v) is 6.86. The number of aromatic nitrogens is 4. The van der Waals surface area contributed by atoms with Crippen LogP contribution in [0, 0.1) is 6.92 Å². The number of hydrogen-bond acceptors (Lipinski definition) is 5. The summed E-state index contributed by atoms with van der Waals surface area (Å²) in [6.45, 7) is 2.70. The number of nitrogens with zero attached hydrogens (tertiary/aromatic N) is 3. The van der Waals surface area contributed by atoms with E-state index < -0.39 is 6.04 Å². The van der Waals surface area contributed by atoms with Crippen molar-refractivity contribution in [2.24, 2.45) is 0 Å². The van der Waals surface area contributed by atoms with Gasteiger partial charge >= 0.3 is 0 Å². The quantitative estimate of drug-likeness (QED) is 0.371. The van der Waals surface area contributed by atoms with Crippen LogP contribution in [0.1, 0.15) is 24.8 Å². The fourth-order valence-electron chi connectivity index (χ4n) is 4.24. The Labute approximate surface area is 201 Å². The molecule has 0 bridgehead atoms. The van der Waals surface area contributed by atoms with Crippen molar-refractivity contribution in [3.05, 3.63) is 60.3 Å². The van der Waals surface area contributed by atoms with Crippen molar-refractivity contribution in [2.75, 3.05) is 12.3 Å². The molecular formula is C25H26N6O2S. The number of amides is 2. The molecule has 4 aromatic rings. The molecule has 2 amide bonds. The van der Waals surface area contributed by atoms with Gasteiger partial charge < -0.3 is 15.6 Å². The third kappa shape index (κ3) is 4.56. The lowest BCUT2D eigenvalue weighted by Gasteiger charge is -2.15. The van der Waals surface area contributed by atoms with Gasteiger partial charge in [-0.3, -0.25) is 14.2 Å². The first kappa shape index (κ1) is 22.2. The molecule has 0 saturated carbocycles. The van der Waals surface area contributed by atoms with Gasteiger partial charge in [0.2, 0.25) is 11.8 Å². The summed E-state index contributed by atoms with van der Waals surface area (Å²) in [4.78, 5) is 28.2. The number of aromatic amines is 1. The number of benzene rings is 2. The maximum Gasteiger partial charge on any atom is 0.242 e. The first-order chi connectivity index (χ1) is 16.6. The Bertz CT molecular complexity index is 1340. The topological polar surface area (TPSA) is 105 Å². The number of carbonyl (C=O) groups excluding carboxylic acids is 2. The van der Waals surface area contributed by atoms with Crippen molar-refractivity contribution in [1.82, 2.24) is 30.4 Å². The molecule has 1 atom stereocenters. The average Bonchev–Trinajstić information content (AvgIpc) is 3.39. The molecule has 0 radical (unpaired) electrons. The number of carbonyl (C=O) groups is 2. The minimum absolute atomic E-state index is 0.111. The highest BCUT2D eigenvalue weighted by Crippen LogP contribution is 2.32. The summed E-state index contributed by atoms with van der Waals surface area (Å²) in [5.41, 5.74) is 4.00. The van der Waals surface area contributed by atoms with Gasteiger partial charge in [-0.2, -0.15) is 0 Å². The number of aryl methyl sites for hydroxylation is 1. The molecule has 3 N–H and O–H groups in total. The number of H-pyrrole nitrogens is 1. The standard InChI is InChI=1S/C25H26N6O2S/c1-16-7-6-8-17(13-16)31-23(19-14-27-20-10-3-2-9-18(19)20)29-30-25(31)34-15-22(32)28-21-11-4-5-12-26-24(21)33/h2-3,6-10,13-14,21,27H,4-5,11-12,15H2,1H3,(H,26,33)(H,28,32). The first-order valence-electron chi connectivity index (χ1n) is 11.4. The normalized spacial score (nSPS) is 16.3. The van der Waals surface area contributed by atoms with E-state index in [1.807, 2.05) is 54.1 Å². The van der Waals surface area contributed by atoms with Gasteiger partial charge in [0, 0.05) is 34.9 Å². The molecule has 8 nitrogen and oxygen atoms in total. The Balaban J connectivity index is 1.43. The third-order valence-electron chi connectivity index (χ3n) is 5.93. The van der Waals surface area contributed by atoms with E-state index in [0.717, 1.165) is 40.6 Å². The minimum Gasteiger partial charge on any atom is -0.360 e. The second-order valence-electron chi connectivity index (χ2n) is 8.42. The molecule has 1 aliphatic rings. The largest absolute Gasteiger partial charge is 0.360 e. The van der Waals surface area contributed by atoms with Gasteiger partial charge in [-0.25, -0.2) is 0 Å². The Hall–Kier alpha value is -3.59. The van der Waals surface area contributed by atoms with Crippen molar-refractivity contribution < 1.29 is 9.59 Å². The molecule has 1 unspecified atom stereocenters. The van der Waals surface area contributed by atoms with Crippen LogP contribution >= 0.6 is 11.8 Å². The van der Waals surface area contributed by atoms with E-state index in [1.165, 1.54) is 11.8 Å². The molecule has 1 aliphatic heterocycles. The fourth-order valence-corrected chi connectivity index (χ4v) is 5.00. The van der Waals surface area contributed by atoms with Crippen LogP contribution in [0.15, 0.2) is 59.9 Å². The van der Waals surface area contributed by atoms with Gasteiger partial charge in [0.1, 0.15) is 6.04 Å². The van der Waals surface area contributed by atoms with E-state index >= 15 is 0 Å². The Morgan fingerprint density at radius 2 is 2.06 bits per heavy atom. The molecule has 9 heteroatoms. The van der Waals surface area contributed by atoms with Crippen molar-refractivity contribution >= 4 is 34.5 Å². The predicted octanol–water partition coefficient (Wildman–Crippen LogP) is 3.60. The van der Waals surface area contributed by atoms with E-state index in [0.29, 0.717) is 23.9 Å². The maximum atomic E-state index is 12.7. The Kier molecular flexibility index (Phi) is 6.35. The van der Waals surface area contributed by atoms with Crippen LogP contribution in [0.2, 0.25) is 0 Å². The van der Waals surface area contributed by atoms with Gasteiger partial charge in [0.05, 0.1) is 5.75 Å². The molecule has 1 fully saturated rings. The number of nitrogens with one attached hydrogen (secondary N) is 3. The van der Waals surface area contributed by atoms with Crippen molar-refractivity contribution in [2.45, 2.75) is 37.4 Å². The lowest BCUT2D eigenvalue weighted by Crippen LogP contribution is -2.46. The van der Waals surface area contributed by atoms with Crippen LogP contribution in [0.3, 0.4) is 0 Å². The van der Waals surface area contributed by atoms with Crippen LogP contribution in [0.4, 0.5) is 0 Å². The minimum atomic E-state index is -0.480. The van der Waals surface area contributed by atoms with E-state index in [-0.39, 0.29) is 17.6 Å². The van der Waals surface area contributed by atoms with E-state index in [9.17, 15) is 9.59 Å². The van der Waals surface area contributed by atoms with Crippen LogP contribution in [-0.4, -0.2) is 49.9 Å². The maximum absolute atomic E-state index is 12.7. The second kappa shape index (κ2) is 9.72. The molecule has 0 spiro atoms. The average molecular weight is 475 g/mol. The van der Waals surface area contributed by atoms with Crippen LogP contribution < -0.4 is 10.6 Å². The van der Waals surface area contributed by atoms with E-state index in [4.69, 9.17) is 0 Å². The zero-order chi connectivity index (χ0) is 23.5. The highest BCUT2D eigenvalue weighted by molar-refractivity contribution is 7.99. The molecule has 5 rings (SSSR count). The number of fused-ring (bicyclic) bond motifs is 1. The molecule has 3 heterocycles. The summed E-state index contributed by atoms with van der Waals surface area (Å²) in [6, 6.07) is 15.7. The van der Waals surface area contributed by atoms with Crippen molar-refractivity contribution in [3.63, 3.8) is 0 Å². The number of para-hydroxylation sites is 1. The van der Waals surface area contributed by atoms with E-state index in [2.05, 4.69) is 37.9 Å². The van der Waals surface area contributed by atoms with Gasteiger partial charge in [0.25, 0.3) is 0 Å². The van der Waals surface area contributed by atoms with Gasteiger partial charge in [-0.1, -0.05) is 42.1 Å². The molecule has 34 heavy (non-hydrogen) atoms. The second-order valence-corrected chi connectivity index (χ2v) is 9.37. The molecule has 2 aromatic carbocycles. The number of hydrogen-bond donors (Lipinski definition) is 3. The Morgan fingerprint density at radius 1 is 1.18 bits per heavy atom. The van der Waals surface area contributed by atoms with Crippen molar-refractivity contribution in [1.29, 1.82) is 0 Å². The summed E-state index contributed by atoms with van der Waals surface area (Å²) < 4.78 is 1.99. The monoisotopic (exact) mass is 474 g/mol. The van der Waals surface area contributed by atoms with Gasteiger partial charge in [0.15, 0.2) is 11.0 Å². The summed E-state index contributed by atoms with van der Waals surface area (Å²) in [6.07, 6.45) is 4.44. The van der Waals surface area contributed by atoms with Crippen LogP contribution in [-0.2, 0) is 9.59 Å². The Morgan fingerprint density at radius 3 is 2.94 bits per heavy atom. The summed E-state index contributed by atoms with van der Waals surface area (Å²) in [7, 11) is 0. The highest BCUT2D eigenvalue weighted by atomic mass is 32.2.